The largest absolute Gasteiger partial charge is 0.310 e. The number of hydrogen-bond donors (Lipinski definition) is 1. The van der Waals surface area contributed by atoms with Crippen LogP contribution in [0.2, 0.25) is 5.02 Å². The van der Waals surface area contributed by atoms with Crippen LogP contribution in [0.4, 0.5) is 4.39 Å². The molecule has 0 saturated heterocycles. The van der Waals surface area contributed by atoms with Crippen LogP contribution in [0, 0.1) is 5.82 Å². The first-order valence-corrected chi connectivity index (χ1v) is 7.23. The molecular weight excluding hydrogens is 273 g/mol. The molecule has 0 saturated carbocycles. The van der Waals surface area contributed by atoms with E-state index >= 15 is 0 Å². The monoisotopic (exact) mass is 291 g/mol. The van der Waals surface area contributed by atoms with Gasteiger partial charge >= 0.3 is 0 Å². The summed E-state index contributed by atoms with van der Waals surface area (Å²) in [6.45, 7) is 2.78. The van der Waals surface area contributed by atoms with E-state index in [4.69, 9.17) is 11.6 Å². The van der Waals surface area contributed by atoms with E-state index in [0.717, 1.165) is 18.4 Å². The number of hydrogen-bond acceptors (Lipinski definition) is 1. The van der Waals surface area contributed by atoms with Gasteiger partial charge in [-0.05, 0) is 49.1 Å². The summed E-state index contributed by atoms with van der Waals surface area (Å²) in [5.41, 5.74) is 2.22. The zero-order chi connectivity index (χ0) is 14.4. The standard InChI is InChI=1S/C17H19ClFN/c1-13(7-8-14-5-3-2-4-6-14)20-12-15-9-16(18)11-17(19)10-15/h2-6,9-11,13,20H,7-8,12H2,1H3. The fourth-order valence-corrected chi connectivity index (χ4v) is 2.38. The molecule has 0 aliphatic heterocycles. The second kappa shape index (κ2) is 7.41. The van der Waals surface area contributed by atoms with Gasteiger partial charge in [0.05, 0.1) is 0 Å². The summed E-state index contributed by atoms with van der Waals surface area (Å²) >= 11 is 5.84. The maximum absolute atomic E-state index is 13.2. The Hall–Kier alpha value is -1.38. The van der Waals surface area contributed by atoms with Crippen molar-refractivity contribution < 1.29 is 4.39 Å². The Bertz CT molecular complexity index is 522. The second-order valence-corrected chi connectivity index (χ2v) is 5.52. The molecule has 1 unspecified atom stereocenters. The van der Waals surface area contributed by atoms with E-state index in [-0.39, 0.29) is 5.82 Å². The van der Waals surface area contributed by atoms with Crippen LogP contribution >= 0.6 is 11.6 Å². The normalized spacial score (nSPS) is 12.3. The van der Waals surface area contributed by atoms with Gasteiger partial charge in [-0.1, -0.05) is 41.9 Å². The molecule has 0 bridgehead atoms. The zero-order valence-electron chi connectivity index (χ0n) is 11.6. The van der Waals surface area contributed by atoms with E-state index in [1.165, 1.54) is 17.7 Å². The summed E-state index contributed by atoms with van der Waals surface area (Å²) in [6, 6.07) is 15.4. The van der Waals surface area contributed by atoms with E-state index in [0.29, 0.717) is 17.6 Å². The average Bonchev–Trinajstić information content (AvgIpc) is 2.43. The quantitative estimate of drug-likeness (QED) is 0.821. The summed E-state index contributed by atoms with van der Waals surface area (Å²) in [7, 11) is 0. The van der Waals surface area contributed by atoms with Gasteiger partial charge < -0.3 is 5.32 Å². The number of halogens is 2. The second-order valence-electron chi connectivity index (χ2n) is 5.08. The third-order valence-corrected chi connectivity index (χ3v) is 3.50. The lowest BCUT2D eigenvalue weighted by molar-refractivity contribution is 0.512. The molecular formula is C17H19ClFN. The van der Waals surface area contributed by atoms with Crippen LogP contribution in [0.15, 0.2) is 48.5 Å². The molecule has 0 aliphatic rings. The molecule has 2 rings (SSSR count). The first-order valence-electron chi connectivity index (χ1n) is 6.86. The minimum atomic E-state index is -0.286. The summed E-state index contributed by atoms with van der Waals surface area (Å²) in [5, 5.41) is 3.84. The lowest BCUT2D eigenvalue weighted by atomic mass is 10.1. The highest BCUT2D eigenvalue weighted by molar-refractivity contribution is 6.30. The summed E-state index contributed by atoms with van der Waals surface area (Å²) < 4.78 is 13.2. The van der Waals surface area contributed by atoms with E-state index < -0.39 is 0 Å². The topological polar surface area (TPSA) is 12.0 Å². The van der Waals surface area contributed by atoms with Gasteiger partial charge in [0.25, 0.3) is 0 Å². The molecule has 2 aromatic rings. The molecule has 106 valence electrons. The lowest BCUT2D eigenvalue weighted by Crippen LogP contribution is -2.26. The van der Waals surface area contributed by atoms with Crippen molar-refractivity contribution in [3.8, 4) is 0 Å². The van der Waals surface area contributed by atoms with E-state index in [9.17, 15) is 4.39 Å². The van der Waals surface area contributed by atoms with Gasteiger partial charge in [0.15, 0.2) is 0 Å². The number of aryl methyl sites for hydroxylation is 1. The van der Waals surface area contributed by atoms with Gasteiger partial charge in [-0.25, -0.2) is 4.39 Å². The van der Waals surface area contributed by atoms with Crippen LogP contribution in [0.1, 0.15) is 24.5 Å². The Morgan fingerprint density at radius 2 is 1.85 bits per heavy atom. The molecule has 0 spiro atoms. The number of nitrogens with one attached hydrogen (secondary N) is 1. The van der Waals surface area contributed by atoms with Crippen molar-refractivity contribution in [2.75, 3.05) is 0 Å². The van der Waals surface area contributed by atoms with Crippen LogP contribution in [0.25, 0.3) is 0 Å². The van der Waals surface area contributed by atoms with E-state index in [2.05, 4.69) is 36.5 Å². The third kappa shape index (κ3) is 4.95. The molecule has 0 amide bonds. The number of rotatable bonds is 6. The van der Waals surface area contributed by atoms with E-state index in [1.54, 1.807) is 6.07 Å². The van der Waals surface area contributed by atoms with Gasteiger partial charge in [0.2, 0.25) is 0 Å². The van der Waals surface area contributed by atoms with Crippen LogP contribution in [0.3, 0.4) is 0 Å². The Balaban J connectivity index is 1.78. The van der Waals surface area contributed by atoms with Crippen molar-refractivity contribution in [2.24, 2.45) is 0 Å². The fourth-order valence-electron chi connectivity index (χ4n) is 2.14. The Morgan fingerprint density at radius 3 is 2.55 bits per heavy atom. The predicted molar refractivity (Wildman–Crippen MR) is 82.5 cm³/mol. The highest BCUT2D eigenvalue weighted by Crippen LogP contribution is 2.14. The maximum atomic E-state index is 13.2. The molecule has 0 heterocycles. The van der Waals surface area contributed by atoms with Crippen LogP contribution < -0.4 is 5.32 Å². The van der Waals surface area contributed by atoms with Crippen LogP contribution in [-0.2, 0) is 13.0 Å². The van der Waals surface area contributed by atoms with Crippen molar-refractivity contribution in [3.63, 3.8) is 0 Å². The minimum absolute atomic E-state index is 0.286. The van der Waals surface area contributed by atoms with Crippen molar-refractivity contribution in [1.29, 1.82) is 0 Å². The van der Waals surface area contributed by atoms with Crippen LogP contribution in [-0.4, -0.2) is 6.04 Å². The Kier molecular flexibility index (Phi) is 5.57. The maximum Gasteiger partial charge on any atom is 0.125 e. The smallest absolute Gasteiger partial charge is 0.125 e. The highest BCUT2D eigenvalue weighted by Gasteiger charge is 2.04. The minimum Gasteiger partial charge on any atom is -0.310 e. The molecule has 0 aliphatic carbocycles. The van der Waals surface area contributed by atoms with Crippen molar-refractivity contribution in [1.82, 2.24) is 5.32 Å². The first kappa shape index (κ1) is 15.0. The Morgan fingerprint density at radius 1 is 1.10 bits per heavy atom. The molecule has 0 fully saturated rings. The SMILES string of the molecule is CC(CCc1ccccc1)NCc1cc(F)cc(Cl)c1. The van der Waals surface area contributed by atoms with Gasteiger partial charge in [-0.15, -0.1) is 0 Å². The summed E-state index contributed by atoms with van der Waals surface area (Å²) in [5.74, 6) is -0.286. The van der Waals surface area contributed by atoms with Gasteiger partial charge in [0.1, 0.15) is 5.82 Å². The summed E-state index contributed by atoms with van der Waals surface area (Å²) in [6.07, 6.45) is 2.09. The van der Waals surface area contributed by atoms with Gasteiger partial charge in [-0.3, -0.25) is 0 Å². The summed E-state index contributed by atoms with van der Waals surface area (Å²) in [4.78, 5) is 0. The van der Waals surface area contributed by atoms with Gasteiger partial charge in [-0.2, -0.15) is 0 Å². The molecule has 2 aromatic carbocycles. The van der Waals surface area contributed by atoms with Gasteiger partial charge in [0, 0.05) is 17.6 Å². The zero-order valence-corrected chi connectivity index (χ0v) is 12.3. The van der Waals surface area contributed by atoms with Crippen LogP contribution in [0.5, 0.6) is 0 Å². The number of benzene rings is 2. The molecule has 20 heavy (non-hydrogen) atoms. The third-order valence-electron chi connectivity index (χ3n) is 3.29. The van der Waals surface area contributed by atoms with Crippen molar-refractivity contribution in [2.45, 2.75) is 32.4 Å². The predicted octanol–water partition coefficient (Wildman–Crippen LogP) is 4.59. The highest BCUT2D eigenvalue weighted by atomic mass is 35.5. The van der Waals surface area contributed by atoms with Crippen molar-refractivity contribution in [3.05, 3.63) is 70.5 Å². The molecule has 0 radical (unpaired) electrons. The molecule has 1 N–H and O–H groups in total. The fraction of sp³-hybridized carbons (Fsp3) is 0.294. The molecule has 3 heteroatoms. The lowest BCUT2D eigenvalue weighted by Gasteiger charge is -2.14. The van der Waals surface area contributed by atoms with Crippen molar-refractivity contribution >= 4 is 11.6 Å². The molecule has 0 aromatic heterocycles. The van der Waals surface area contributed by atoms with E-state index in [1.807, 2.05) is 6.07 Å². The molecule has 1 atom stereocenters. The molecule has 1 nitrogen and oxygen atoms in total. The first-order chi connectivity index (χ1) is 9.63. The Labute approximate surface area is 124 Å². The average molecular weight is 292 g/mol.